The van der Waals surface area contributed by atoms with Gasteiger partial charge in [0, 0.05) is 35.2 Å². The van der Waals surface area contributed by atoms with E-state index >= 15 is 0 Å². The van der Waals surface area contributed by atoms with Crippen molar-refractivity contribution in [3.8, 4) is 16.9 Å². The van der Waals surface area contributed by atoms with Crippen LogP contribution in [-0.2, 0) is 10.0 Å². The van der Waals surface area contributed by atoms with E-state index in [1.807, 2.05) is 26.1 Å². The third-order valence-corrected chi connectivity index (χ3v) is 9.18. The molecule has 2 fully saturated rings. The number of aromatic nitrogens is 5. The fraction of sp³-hybridized carbons (Fsp3) is 0.423. The Morgan fingerprint density at radius 3 is 2.74 bits per heavy atom. The largest absolute Gasteiger partial charge is 0.489 e. The quantitative estimate of drug-likeness (QED) is 0.269. The van der Waals surface area contributed by atoms with E-state index in [9.17, 15) is 8.42 Å². The summed E-state index contributed by atoms with van der Waals surface area (Å²) in [6.07, 6.45) is 9.43. The summed E-state index contributed by atoms with van der Waals surface area (Å²) in [6, 6.07) is 6.97. The van der Waals surface area contributed by atoms with Gasteiger partial charge < -0.3 is 15.4 Å². The fourth-order valence-corrected chi connectivity index (χ4v) is 6.99. The number of hydrogen-bond donors (Lipinski definition) is 4. The van der Waals surface area contributed by atoms with Crippen LogP contribution in [-0.4, -0.2) is 59.0 Å². The van der Waals surface area contributed by atoms with Crippen molar-refractivity contribution < 1.29 is 13.2 Å². The summed E-state index contributed by atoms with van der Waals surface area (Å²) in [5, 5.41) is 18.0. The second-order valence-corrected chi connectivity index (χ2v) is 12.0. The number of fused-ring (bicyclic) bond motifs is 1. The van der Waals surface area contributed by atoms with Crippen LogP contribution in [0, 0.1) is 12.3 Å². The lowest BCUT2D eigenvalue weighted by Crippen LogP contribution is -2.54. The lowest BCUT2D eigenvalue weighted by molar-refractivity contribution is 0.0562. The lowest BCUT2D eigenvalue weighted by atomic mass is 9.61. The predicted molar refractivity (Wildman–Crippen MR) is 144 cm³/mol. The normalized spacial score (nSPS) is 17.5. The van der Waals surface area contributed by atoms with Crippen molar-refractivity contribution in [2.45, 2.75) is 50.5 Å². The number of hydrogen-bond acceptors (Lipinski definition) is 8. The number of pyridine rings is 1. The first-order valence-electron chi connectivity index (χ1n) is 13.0. The fourth-order valence-electron chi connectivity index (χ4n) is 5.67. The number of piperidine rings is 1. The molecule has 0 unspecified atom stereocenters. The molecule has 1 aliphatic carbocycles. The van der Waals surface area contributed by atoms with Gasteiger partial charge in [0.25, 0.3) is 0 Å². The number of nitrogens with one attached hydrogen (secondary N) is 4. The number of aryl methyl sites for hydroxylation is 1. The third kappa shape index (κ3) is 4.63. The van der Waals surface area contributed by atoms with E-state index in [4.69, 9.17) is 4.74 Å². The zero-order valence-corrected chi connectivity index (χ0v) is 22.3. The van der Waals surface area contributed by atoms with Crippen LogP contribution in [0.2, 0.25) is 0 Å². The summed E-state index contributed by atoms with van der Waals surface area (Å²) in [7, 11) is -3.60. The molecule has 0 bridgehead atoms. The number of rotatable bonds is 8. The monoisotopic (exact) mass is 536 g/mol. The molecule has 4 heterocycles. The Morgan fingerprint density at radius 1 is 1.21 bits per heavy atom. The van der Waals surface area contributed by atoms with E-state index < -0.39 is 10.0 Å². The Hall–Kier alpha value is -3.48. The molecular formula is C26H32N8O3S. The number of aromatic amines is 1. The van der Waals surface area contributed by atoms with Gasteiger partial charge in [-0.1, -0.05) is 0 Å². The average molecular weight is 537 g/mol. The highest BCUT2D eigenvalue weighted by Crippen LogP contribution is 2.48. The molecule has 12 heteroatoms. The van der Waals surface area contributed by atoms with Gasteiger partial charge in [-0.05, 0) is 87.9 Å². The summed E-state index contributed by atoms with van der Waals surface area (Å²) in [5.74, 6) is 0.998. The second-order valence-electron chi connectivity index (χ2n) is 10.3. The molecule has 4 aromatic rings. The van der Waals surface area contributed by atoms with Crippen molar-refractivity contribution in [3.05, 3.63) is 48.4 Å². The van der Waals surface area contributed by atoms with Gasteiger partial charge in [0.05, 0.1) is 17.7 Å². The van der Waals surface area contributed by atoms with Gasteiger partial charge in [0.2, 0.25) is 16.0 Å². The summed E-state index contributed by atoms with van der Waals surface area (Å²) >= 11 is 0. The van der Waals surface area contributed by atoms with Crippen LogP contribution >= 0.6 is 0 Å². The first-order valence-corrected chi connectivity index (χ1v) is 14.5. The summed E-state index contributed by atoms with van der Waals surface area (Å²) < 4.78 is 36.7. The molecule has 1 spiro atoms. The second kappa shape index (κ2) is 9.68. The van der Waals surface area contributed by atoms with Gasteiger partial charge in [-0.15, -0.1) is 5.10 Å². The minimum atomic E-state index is -3.60. The number of ether oxygens (including phenoxy) is 1. The van der Waals surface area contributed by atoms with Gasteiger partial charge in [0.15, 0.2) is 11.4 Å². The minimum absolute atomic E-state index is 0.00450. The van der Waals surface area contributed by atoms with Gasteiger partial charge in [-0.2, -0.15) is 10.1 Å². The summed E-state index contributed by atoms with van der Waals surface area (Å²) in [5.41, 5.74) is 4.14. The van der Waals surface area contributed by atoms with Gasteiger partial charge >= 0.3 is 0 Å². The van der Waals surface area contributed by atoms with Crippen molar-refractivity contribution in [2.24, 2.45) is 5.41 Å². The van der Waals surface area contributed by atoms with Crippen LogP contribution < -0.4 is 20.1 Å². The highest BCUT2D eigenvalue weighted by Gasteiger charge is 2.45. The summed E-state index contributed by atoms with van der Waals surface area (Å²) in [4.78, 5) is 4.92. The average Bonchev–Trinajstić information content (AvgIpc) is 3.55. The van der Waals surface area contributed by atoms with Crippen LogP contribution in [0.4, 0.5) is 11.6 Å². The first-order chi connectivity index (χ1) is 18.4. The molecule has 0 amide bonds. The van der Waals surface area contributed by atoms with Crippen molar-refractivity contribution in [3.63, 3.8) is 0 Å². The van der Waals surface area contributed by atoms with Crippen molar-refractivity contribution in [2.75, 3.05) is 25.0 Å². The molecule has 38 heavy (non-hydrogen) atoms. The highest BCUT2D eigenvalue weighted by molar-refractivity contribution is 7.89. The van der Waals surface area contributed by atoms with Crippen LogP contribution in [0.15, 0.2) is 47.8 Å². The SMILES string of the molecule is CCOc1c(-c2cn[nH]c2)ccn2nc(Nc3ccc(S(=O)(=O)NC4CC5(CCNCC5)C4)cc3C)nc12. The molecule has 1 aromatic carbocycles. The number of nitrogens with zero attached hydrogens (tertiary/aromatic N) is 4. The number of benzene rings is 1. The Bertz CT molecular complexity index is 1550. The van der Waals surface area contributed by atoms with E-state index in [0.29, 0.717) is 29.4 Å². The zero-order valence-electron chi connectivity index (χ0n) is 21.5. The molecule has 0 atom stereocenters. The van der Waals surface area contributed by atoms with Crippen molar-refractivity contribution in [1.82, 2.24) is 34.8 Å². The molecule has 1 aliphatic heterocycles. The maximum Gasteiger partial charge on any atom is 0.247 e. The molecule has 2 aliphatic rings. The van der Waals surface area contributed by atoms with Crippen LogP contribution in [0.1, 0.15) is 38.2 Å². The maximum absolute atomic E-state index is 13.1. The molecular weight excluding hydrogens is 504 g/mol. The van der Waals surface area contributed by atoms with Crippen LogP contribution in [0.3, 0.4) is 0 Å². The number of H-pyrrole nitrogens is 1. The molecule has 0 radical (unpaired) electrons. The number of anilines is 2. The van der Waals surface area contributed by atoms with Crippen LogP contribution in [0.5, 0.6) is 5.75 Å². The number of sulfonamides is 1. The zero-order chi connectivity index (χ0) is 26.3. The first kappa shape index (κ1) is 24.8. The van der Waals surface area contributed by atoms with Gasteiger partial charge in [-0.3, -0.25) is 5.10 Å². The molecule has 6 rings (SSSR count). The Labute approximate surface area is 221 Å². The van der Waals surface area contributed by atoms with Crippen molar-refractivity contribution >= 4 is 27.3 Å². The molecule has 200 valence electrons. The molecule has 3 aromatic heterocycles. The van der Waals surface area contributed by atoms with Gasteiger partial charge in [0.1, 0.15) is 0 Å². The van der Waals surface area contributed by atoms with Gasteiger partial charge in [-0.25, -0.2) is 17.7 Å². The topological polar surface area (TPSA) is 138 Å². The van der Waals surface area contributed by atoms with E-state index in [1.54, 1.807) is 35.1 Å². The molecule has 1 saturated carbocycles. The van der Waals surface area contributed by atoms with Crippen molar-refractivity contribution in [1.29, 1.82) is 0 Å². The lowest BCUT2D eigenvalue weighted by Gasteiger charge is -2.50. The minimum Gasteiger partial charge on any atom is -0.489 e. The Balaban J connectivity index is 1.19. The van der Waals surface area contributed by atoms with E-state index in [-0.39, 0.29) is 10.9 Å². The third-order valence-electron chi connectivity index (χ3n) is 7.66. The highest BCUT2D eigenvalue weighted by atomic mass is 32.2. The Kier molecular flexibility index (Phi) is 6.33. The maximum atomic E-state index is 13.1. The van der Waals surface area contributed by atoms with E-state index in [0.717, 1.165) is 61.2 Å². The Morgan fingerprint density at radius 2 is 2.03 bits per heavy atom. The molecule has 11 nitrogen and oxygen atoms in total. The standard InChI is InChI=1S/C26H32N8O3S/c1-3-37-23-21(18-15-28-29-16-18)6-11-34-24(23)31-25(32-34)30-22-5-4-20(12-17(22)2)38(35,36)33-19-13-26(14-19)7-9-27-10-8-26/h4-6,11-12,15-16,19,27,33H,3,7-10,13-14H2,1-2H3,(H,28,29)(H,30,32). The molecule has 4 N–H and O–H groups in total. The predicted octanol–water partition coefficient (Wildman–Crippen LogP) is 3.38. The smallest absolute Gasteiger partial charge is 0.247 e. The van der Waals surface area contributed by atoms with Crippen LogP contribution in [0.25, 0.3) is 16.8 Å². The molecule has 1 saturated heterocycles. The summed E-state index contributed by atoms with van der Waals surface area (Å²) in [6.45, 7) is 6.30. The van der Waals surface area contributed by atoms with E-state index in [2.05, 4.69) is 35.6 Å². The van der Waals surface area contributed by atoms with E-state index in [1.165, 1.54) is 0 Å².